The van der Waals surface area contributed by atoms with Gasteiger partial charge in [-0.15, -0.1) is 0 Å². The SMILES string of the molecule is CCC1N=Cc2cc(-c3cccnc3-c3ccc(F)c(C)c3)cc(C(=O)O)c21. The molecule has 0 spiro atoms. The number of aromatic nitrogens is 1. The number of halogens is 1. The summed E-state index contributed by atoms with van der Waals surface area (Å²) in [5.74, 6) is -1.24. The third-order valence-electron chi connectivity index (χ3n) is 5.11. The number of carboxylic acid groups (broad SMARTS) is 1. The molecule has 0 fully saturated rings. The van der Waals surface area contributed by atoms with E-state index in [2.05, 4.69) is 9.98 Å². The van der Waals surface area contributed by atoms with Gasteiger partial charge in [0.25, 0.3) is 0 Å². The molecule has 4 rings (SSSR count). The van der Waals surface area contributed by atoms with Gasteiger partial charge >= 0.3 is 5.97 Å². The van der Waals surface area contributed by atoms with Crippen LogP contribution in [0.3, 0.4) is 0 Å². The summed E-state index contributed by atoms with van der Waals surface area (Å²) in [5.41, 5.74) is 5.41. The summed E-state index contributed by atoms with van der Waals surface area (Å²) < 4.78 is 13.7. The number of nitrogens with zero attached hydrogens (tertiary/aromatic N) is 2. The minimum Gasteiger partial charge on any atom is -0.478 e. The van der Waals surface area contributed by atoms with E-state index in [9.17, 15) is 14.3 Å². The van der Waals surface area contributed by atoms with Crippen molar-refractivity contribution in [1.29, 1.82) is 0 Å². The second kappa shape index (κ2) is 7.00. The van der Waals surface area contributed by atoms with E-state index < -0.39 is 5.97 Å². The van der Waals surface area contributed by atoms with E-state index in [-0.39, 0.29) is 17.4 Å². The molecule has 0 saturated heterocycles. The summed E-state index contributed by atoms with van der Waals surface area (Å²) in [5, 5.41) is 9.77. The Morgan fingerprint density at radius 2 is 2.00 bits per heavy atom. The molecule has 1 aromatic heterocycles. The number of benzene rings is 2. The van der Waals surface area contributed by atoms with Crippen molar-refractivity contribution in [2.24, 2.45) is 4.99 Å². The standard InChI is InChI=1S/C23H19FN2O2/c1-3-20-21-16(12-26-20)10-15(11-18(21)23(27)28)17-5-4-8-25-22(17)14-6-7-19(24)13(2)9-14/h4-12,20H,3H2,1-2H3,(H,27,28). The van der Waals surface area contributed by atoms with Gasteiger partial charge in [-0.2, -0.15) is 0 Å². The van der Waals surface area contributed by atoms with Crippen molar-refractivity contribution in [3.05, 3.63) is 76.7 Å². The van der Waals surface area contributed by atoms with E-state index in [0.717, 1.165) is 34.2 Å². The van der Waals surface area contributed by atoms with Crippen molar-refractivity contribution in [3.8, 4) is 22.4 Å². The Balaban J connectivity index is 1.92. The maximum atomic E-state index is 13.7. The zero-order valence-corrected chi connectivity index (χ0v) is 15.6. The van der Waals surface area contributed by atoms with Gasteiger partial charge in [0.2, 0.25) is 0 Å². The molecule has 1 aliphatic heterocycles. The highest BCUT2D eigenvalue weighted by Crippen LogP contribution is 2.38. The molecule has 1 atom stereocenters. The minimum absolute atomic E-state index is 0.122. The molecular formula is C23H19FN2O2. The van der Waals surface area contributed by atoms with Crippen LogP contribution in [0.15, 0.2) is 53.7 Å². The molecule has 4 nitrogen and oxygen atoms in total. The topological polar surface area (TPSA) is 62.5 Å². The van der Waals surface area contributed by atoms with Gasteiger partial charge in [-0.1, -0.05) is 13.0 Å². The van der Waals surface area contributed by atoms with Crippen molar-refractivity contribution >= 4 is 12.2 Å². The number of aromatic carboxylic acids is 1. The third kappa shape index (κ3) is 2.99. The van der Waals surface area contributed by atoms with Crippen molar-refractivity contribution < 1.29 is 14.3 Å². The van der Waals surface area contributed by atoms with Crippen LogP contribution in [0.25, 0.3) is 22.4 Å². The van der Waals surface area contributed by atoms with Crippen LogP contribution in [-0.2, 0) is 0 Å². The first-order chi connectivity index (χ1) is 13.5. The molecule has 0 radical (unpaired) electrons. The Labute approximate surface area is 162 Å². The molecule has 5 heteroatoms. The molecular weight excluding hydrogens is 355 g/mol. The van der Waals surface area contributed by atoms with Gasteiger partial charge in [-0.05, 0) is 72.0 Å². The van der Waals surface area contributed by atoms with Crippen molar-refractivity contribution in [2.45, 2.75) is 26.3 Å². The molecule has 0 amide bonds. The van der Waals surface area contributed by atoms with Gasteiger partial charge in [-0.3, -0.25) is 9.98 Å². The highest BCUT2D eigenvalue weighted by molar-refractivity contribution is 5.99. The van der Waals surface area contributed by atoms with Crippen molar-refractivity contribution in [2.75, 3.05) is 0 Å². The molecule has 2 heterocycles. The average molecular weight is 374 g/mol. The lowest BCUT2D eigenvalue weighted by molar-refractivity contribution is 0.0695. The highest BCUT2D eigenvalue weighted by atomic mass is 19.1. The molecule has 1 N–H and O–H groups in total. The molecule has 28 heavy (non-hydrogen) atoms. The van der Waals surface area contributed by atoms with Crippen LogP contribution >= 0.6 is 0 Å². The summed E-state index contributed by atoms with van der Waals surface area (Å²) >= 11 is 0. The zero-order chi connectivity index (χ0) is 19.8. The fourth-order valence-corrected chi connectivity index (χ4v) is 3.70. The summed E-state index contributed by atoms with van der Waals surface area (Å²) in [6, 6.07) is 12.1. The summed E-state index contributed by atoms with van der Waals surface area (Å²) in [6.45, 7) is 3.70. The normalized spacial score (nSPS) is 14.9. The number of hydrogen-bond donors (Lipinski definition) is 1. The lowest BCUT2D eigenvalue weighted by atomic mass is 9.90. The Hall–Kier alpha value is -3.34. The van der Waals surface area contributed by atoms with Crippen molar-refractivity contribution in [3.63, 3.8) is 0 Å². The van der Waals surface area contributed by atoms with E-state index in [1.54, 1.807) is 37.5 Å². The molecule has 3 aromatic rings. The molecule has 1 aliphatic rings. The fourth-order valence-electron chi connectivity index (χ4n) is 3.70. The second-order valence-corrected chi connectivity index (χ2v) is 6.90. The minimum atomic E-state index is -0.967. The number of carboxylic acids is 1. The third-order valence-corrected chi connectivity index (χ3v) is 5.11. The molecule has 140 valence electrons. The smallest absolute Gasteiger partial charge is 0.336 e. The Bertz CT molecular complexity index is 1120. The van der Waals surface area contributed by atoms with Crippen LogP contribution in [0, 0.1) is 12.7 Å². The zero-order valence-electron chi connectivity index (χ0n) is 15.6. The van der Waals surface area contributed by atoms with Gasteiger partial charge in [0, 0.05) is 23.5 Å². The molecule has 0 saturated carbocycles. The summed E-state index contributed by atoms with van der Waals surface area (Å²) in [7, 11) is 0. The Kier molecular flexibility index (Phi) is 4.51. The average Bonchev–Trinajstić information content (AvgIpc) is 3.12. The van der Waals surface area contributed by atoms with Gasteiger partial charge in [0.05, 0.1) is 17.3 Å². The number of rotatable bonds is 4. The maximum absolute atomic E-state index is 13.7. The van der Waals surface area contributed by atoms with E-state index in [4.69, 9.17) is 0 Å². The van der Waals surface area contributed by atoms with Gasteiger partial charge in [-0.25, -0.2) is 9.18 Å². The van der Waals surface area contributed by atoms with Crippen LogP contribution in [0.1, 0.15) is 46.4 Å². The molecule has 0 bridgehead atoms. The van der Waals surface area contributed by atoms with Crippen molar-refractivity contribution in [1.82, 2.24) is 4.98 Å². The lowest BCUT2D eigenvalue weighted by Crippen LogP contribution is -2.06. The lowest BCUT2D eigenvalue weighted by Gasteiger charge is -2.15. The summed E-state index contributed by atoms with van der Waals surface area (Å²) in [6.07, 6.45) is 4.17. The molecule has 1 unspecified atom stereocenters. The van der Waals surface area contributed by atoms with Crippen LogP contribution in [0.4, 0.5) is 4.39 Å². The van der Waals surface area contributed by atoms with E-state index in [1.165, 1.54) is 6.07 Å². The monoisotopic (exact) mass is 374 g/mol. The first kappa shape index (κ1) is 18.0. The van der Waals surface area contributed by atoms with E-state index in [0.29, 0.717) is 11.3 Å². The number of aryl methyl sites for hydroxylation is 1. The number of hydrogen-bond acceptors (Lipinski definition) is 3. The number of aliphatic imine (C=N–C) groups is 1. The number of carbonyl (C=O) groups is 1. The fraction of sp³-hybridized carbons (Fsp3) is 0.174. The largest absolute Gasteiger partial charge is 0.478 e. The number of pyridine rings is 1. The molecule has 2 aromatic carbocycles. The van der Waals surface area contributed by atoms with E-state index >= 15 is 0 Å². The summed E-state index contributed by atoms with van der Waals surface area (Å²) in [4.78, 5) is 20.9. The van der Waals surface area contributed by atoms with Crippen LogP contribution < -0.4 is 0 Å². The molecule has 0 aliphatic carbocycles. The first-order valence-corrected chi connectivity index (χ1v) is 9.16. The first-order valence-electron chi connectivity index (χ1n) is 9.16. The highest BCUT2D eigenvalue weighted by Gasteiger charge is 2.26. The second-order valence-electron chi connectivity index (χ2n) is 6.90. The quantitative estimate of drug-likeness (QED) is 0.661. The number of fused-ring (bicyclic) bond motifs is 1. The Morgan fingerprint density at radius 3 is 2.71 bits per heavy atom. The predicted octanol–water partition coefficient (Wildman–Crippen LogP) is 5.44. The van der Waals surface area contributed by atoms with E-state index in [1.807, 2.05) is 25.1 Å². The van der Waals surface area contributed by atoms with Gasteiger partial charge in [0.1, 0.15) is 5.82 Å². The Morgan fingerprint density at radius 1 is 1.18 bits per heavy atom. The van der Waals surface area contributed by atoms with Crippen LogP contribution in [-0.4, -0.2) is 22.3 Å². The van der Waals surface area contributed by atoms with Gasteiger partial charge < -0.3 is 5.11 Å². The maximum Gasteiger partial charge on any atom is 0.336 e. The predicted molar refractivity (Wildman–Crippen MR) is 107 cm³/mol. The van der Waals surface area contributed by atoms with Crippen LogP contribution in [0.2, 0.25) is 0 Å². The van der Waals surface area contributed by atoms with Gasteiger partial charge in [0.15, 0.2) is 0 Å². The van der Waals surface area contributed by atoms with Crippen LogP contribution in [0.5, 0.6) is 0 Å².